The van der Waals surface area contributed by atoms with Gasteiger partial charge in [0, 0.05) is 37.8 Å². The van der Waals surface area contributed by atoms with E-state index < -0.39 is 8.07 Å². The van der Waals surface area contributed by atoms with E-state index in [1.165, 1.54) is 53.3 Å². The number of para-hydroxylation sites is 4. The molecule has 0 fully saturated rings. The summed E-state index contributed by atoms with van der Waals surface area (Å²) < 4.78 is 11.8. The van der Waals surface area contributed by atoms with Gasteiger partial charge in [-0.05, 0) is 70.2 Å². The van der Waals surface area contributed by atoms with Crippen LogP contribution in [0.4, 0.5) is 0 Å². The predicted octanol–water partition coefficient (Wildman–Crippen LogP) is 10.6. The lowest BCUT2D eigenvalue weighted by Gasteiger charge is -2.34. The van der Waals surface area contributed by atoms with Crippen molar-refractivity contribution in [3.05, 3.63) is 212 Å². The lowest BCUT2D eigenvalue weighted by atomic mass is 10.1. The van der Waals surface area contributed by atoms with E-state index >= 15 is 0 Å². The van der Waals surface area contributed by atoms with E-state index in [2.05, 4.69) is 215 Å². The molecule has 12 rings (SSSR count). The Morgan fingerprint density at radius 2 is 0.828 bits per heavy atom. The van der Waals surface area contributed by atoms with Gasteiger partial charge in [0.05, 0.1) is 22.1 Å². The molecule has 0 aliphatic carbocycles. The van der Waals surface area contributed by atoms with Crippen molar-refractivity contribution >= 4 is 94.5 Å². The maximum atomic E-state index is 6.99. The summed E-state index contributed by atoms with van der Waals surface area (Å²) >= 11 is 0. The van der Waals surface area contributed by atoms with Crippen LogP contribution in [-0.2, 0) is 0 Å². The molecule has 0 spiro atoms. The van der Waals surface area contributed by atoms with Crippen LogP contribution in [0.5, 0.6) is 0 Å². The standard InChI is InChI=1S/C53H35N3OSi/c1-4-18-37(19-5-1)58(38-20-6-2-7-21-38,39-22-8-3-9-23-39)50-35-51(54-52-43-27-13-17-31-49(43)57-53(50)52)56-47-30-16-12-26-42(47)44-34-36(32-33-48(44)56)55-45-28-14-10-24-40(45)41-25-11-15-29-46(41)55/h1-35H. The van der Waals surface area contributed by atoms with E-state index in [-0.39, 0.29) is 0 Å². The van der Waals surface area contributed by atoms with Crippen LogP contribution in [0.2, 0.25) is 0 Å². The summed E-state index contributed by atoms with van der Waals surface area (Å²) in [6, 6.07) is 76.9. The van der Waals surface area contributed by atoms with Crippen LogP contribution in [-0.4, -0.2) is 22.2 Å². The molecule has 0 aliphatic rings. The molecule has 5 heteroatoms. The Bertz CT molecular complexity index is 3360. The fraction of sp³-hybridized carbons (Fsp3) is 0. The number of nitrogens with zero attached hydrogens (tertiary/aromatic N) is 3. The Kier molecular flexibility index (Phi) is 7.21. The fourth-order valence-corrected chi connectivity index (χ4v) is 14.5. The van der Waals surface area contributed by atoms with E-state index in [1.807, 2.05) is 6.07 Å². The van der Waals surface area contributed by atoms with Crippen LogP contribution in [0.25, 0.3) is 77.2 Å². The highest BCUT2D eigenvalue weighted by Gasteiger charge is 2.44. The molecule has 4 heterocycles. The van der Waals surface area contributed by atoms with Crippen molar-refractivity contribution in [2.24, 2.45) is 0 Å². The van der Waals surface area contributed by atoms with Gasteiger partial charge in [-0.1, -0.05) is 158 Å². The first-order valence-corrected chi connectivity index (χ1v) is 21.8. The van der Waals surface area contributed by atoms with Crippen LogP contribution in [0.1, 0.15) is 0 Å². The molecule has 0 amide bonds. The molecular weight excluding hydrogens is 723 g/mol. The van der Waals surface area contributed by atoms with E-state index in [1.54, 1.807) is 0 Å². The molecule has 0 bridgehead atoms. The number of rotatable bonds is 6. The van der Waals surface area contributed by atoms with Crippen LogP contribution in [0, 0.1) is 0 Å². The molecule has 0 saturated heterocycles. The van der Waals surface area contributed by atoms with E-state index in [0.29, 0.717) is 0 Å². The minimum atomic E-state index is -3.05. The second-order valence-electron chi connectivity index (χ2n) is 15.1. The van der Waals surface area contributed by atoms with E-state index in [0.717, 1.165) is 44.6 Å². The van der Waals surface area contributed by atoms with Crippen LogP contribution in [0.3, 0.4) is 0 Å². The van der Waals surface area contributed by atoms with Crippen molar-refractivity contribution in [3.63, 3.8) is 0 Å². The van der Waals surface area contributed by atoms with Crippen molar-refractivity contribution < 1.29 is 4.42 Å². The van der Waals surface area contributed by atoms with Gasteiger partial charge in [-0.2, -0.15) is 0 Å². The van der Waals surface area contributed by atoms with Gasteiger partial charge in [0.25, 0.3) is 0 Å². The molecule has 0 saturated carbocycles. The molecule has 272 valence electrons. The summed E-state index contributed by atoms with van der Waals surface area (Å²) in [6.45, 7) is 0. The first-order chi connectivity index (χ1) is 28.8. The highest BCUT2D eigenvalue weighted by Crippen LogP contribution is 2.37. The average molecular weight is 758 g/mol. The molecule has 8 aromatic carbocycles. The van der Waals surface area contributed by atoms with Crippen molar-refractivity contribution in [2.75, 3.05) is 0 Å². The monoisotopic (exact) mass is 757 g/mol. The quantitative estimate of drug-likeness (QED) is 0.125. The molecule has 4 aromatic heterocycles. The zero-order chi connectivity index (χ0) is 38.2. The van der Waals surface area contributed by atoms with Crippen molar-refractivity contribution in [2.45, 2.75) is 0 Å². The summed E-state index contributed by atoms with van der Waals surface area (Å²) in [4.78, 5) is 5.60. The number of aromatic nitrogens is 3. The smallest absolute Gasteiger partial charge is 0.184 e. The van der Waals surface area contributed by atoms with E-state index in [4.69, 9.17) is 9.40 Å². The fourth-order valence-electron chi connectivity index (χ4n) is 9.64. The summed E-state index contributed by atoms with van der Waals surface area (Å²) in [7, 11) is -3.05. The first-order valence-electron chi connectivity index (χ1n) is 19.8. The highest BCUT2D eigenvalue weighted by molar-refractivity contribution is 7.20. The highest BCUT2D eigenvalue weighted by atomic mass is 28.3. The second-order valence-corrected chi connectivity index (χ2v) is 18.8. The largest absolute Gasteiger partial charge is 0.454 e. The van der Waals surface area contributed by atoms with Gasteiger partial charge >= 0.3 is 0 Å². The first kappa shape index (κ1) is 32.7. The normalized spacial score (nSPS) is 12.1. The average Bonchev–Trinajstić information content (AvgIpc) is 3.95. The maximum Gasteiger partial charge on any atom is 0.184 e. The number of benzene rings is 8. The molecule has 0 atom stereocenters. The summed E-state index contributed by atoms with van der Waals surface area (Å²) in [6.07, 6.45) is 0. The second kappa shape index (κ2) is 12.8. The Morgan fingerprint density at radius 3 is 1.40 bits per heavy atom. The number of fused-ring (bicyclic) bond motifs is 9. The predicted molar refractivity (Wildman–Crippen MR) is 244 cm³/mol. The number of pyridine rings is 1. The van der Waals surface area contributed by atoms with Gasteiger partial charge < -0.3 is 8.98 Å². The summed E-state index contributed by atoms with van der Waals surface area (Å²) in [5.41, 5.74) is 8.26. The van der Waals surface area contributed by atoms with Crippen molar-refractivity contribution in [1.82, 2.24) is 14.1 Å². The minimum absolute atomic E-state index is 0.832. The summed E-state index contributed by atoms with van der Waals surface area (Å²) in [5.74, 6) is 0.865. The minimum Gasteiger partial charge on any atom is -0.454 e. The molecular formula is C53H35N3OSi. The van der Waals surface area contributed by atoms with E-state index in [9.17, 15) is 0 Å². The van der Waals surface area contributed by atoms with Gasteiger partial charge in [-0.15, -0.1) is 0 Å². The Labute approximate surface area is 335 Å². The van der Waals surface area contributed by atoms with Crippen LogP contribution >= 0.6 is 0 Å². The SMILES string of the molecule is c1ccc([Si](c2ccccc2)(c2ccccc2)c2cc(-n3c4ccccc4c4cc(-n5c6ccccc6c6ccccc65)ccc43)nc3c2oc2ccccc23)cc1. The summed E-state index contributed by atoms with van der Waals surface area (Å²) in [5, 5.41) is 10.9. The molecule has 0 radical (unpaired) electrons. The number of hydrogen-bond donors (Lipinski definition) is 0. The number of furan rings is 1. The molecule has 0 aliphatic heterocycles. The molecule has 0 unspecified atom stereocenters. The van der Waals surface area contributed by atoms with Crippen molar-refractivity contribution in [3.8, 4) is 11.5 Å². The Morgan fingerprint density at radius 1 is 0.379 bits per heavy atom. The molecule has 4 nitrogen and oxygen atoms in total. The third-order valence-corrected chi connectivity index (χ3v) is 16.8. The topological polar surface area (TPSA) is 35.9 Å². The third-order valence-electron chi connectivity index (χ3n) is 12.1. The lowest BCUT2D eigenvalue weighted by Crippen LogP contribution is -2.75. The Hall–Kier alpha value is -7.47. The van der Waals surface area contributed by atoms with Gasteiger partial charge in [-0.3, -0.25) is 4.57 Å². The van der Waals surface area contributed by atoms with Gasteiger partial charge in [0.2, 0.25) is 0 Å². The molecule has 12 aromatic rings. The van der Waals surface area contributed by atoms with Crippen molar-refractivity contribution in [1.29, 1.82) is 0 Å². The van der Waals surface area contributed by atoms with Gasteiger partial charge in [0.15, 0.2) is 13.7 Å². The molecule has 58 heavy (non-hydrogen) atoms. The zero-order valence-electron chi connectivity index (χ0n) is 31.5. The zero-order valence-corrected chi connectivity index (χ0v) is 32.5. The Balaban J connectivity index is 1.21. The van der Waals surface area contributed by atoms with Gasteiger partial charge in [0.1, 0.15) is 16.9 Å². The number of hydrogen-bond acceptors (Lipinski definition) is 2. The maximum absolute atomic E-state index is 6.99. The third kappa shape index (κ3) is 4.65. The lowest BCUT2D eigenvalue weighted by molar-refractivity contribution is 0.670. The van der Waals surface area contributed by atoms with Crippen LogP contribution < -0.4 is 20.7 Å². The molecule has 0 N–H and O–H groups in total. The van der Waals surface area contributed by atoms with Crippen LogP contribution in [0.15, 0.2) is 217 Å². The van der Waals surface area contributed by atoms with Gasteiger partial charge in [-0.25, -0.2) is 4.98 Å².